The molecule has 158 valence electrons. The van der Waals surface area contributed by atoms with E-state index in [1.54, 1.807) is 19.9 Å². The maximum absolute atomic E-state index is 11.6. The van der Waals surface area contributed by atoms with Gasteiger partial charge >= 0.3 is 5.97 Å². The average Bonchev–Trinajstić information content (AvgIpc) is 2.68. The molecule has 1 unspecified atom stereocenters. The number of esters is 1. The number of nitro groups is 1. The minimum absolute atomic E-state index is 0.136. The van der Waals surface area contributed by atoms with Crippen molar-refractivity contribution in [1.82, 2.24) is 0 Å². The summed E-state index contributed by atoms with van der Waals surface area (Å²) in [6.07, 6.45) is 5.40. The Balaban J connectivity index is 3.15. The second-order valence-electron chi connectivity index (χ2n) is 6.71. The van der Waals surface area contributed by atoms with Crippen LogP contribution in [0.3, 0.4) is 0 Å². The summed E-state index contributed by atoms with van der Waals surface area (Å²) in [6.45, 7) is 8.48. The van der Waals surface area contributed by atoms with Crippen molar-refractivity contribution in [2.75, 3.05) is 13.2 Å². The molecule has 0 saturated heterocycles. The first-order chi connectivity index (χ1) is 13.4. The third-order valence-corrected chi connectivity index (χ3v) is 4.34. The Hall–Kier alpha value is -2.31. The number of hydrogen-bond acceptors (Lipinski definition) is 6. The Kier molecular flexibility index (Phi) is 11.0. The number of rotatable bonds is 14. The number of nitro benzene ring substituents is 1. The van der Waals surface area contributed by atoms with Gasteiger partial charge < -0.3 is 14.2 Å². The molecule has 0 radical (unpaired) electrons. The molecule has 1 rings (SSSR count). The Morgan fingerprint density at radius 2 is 1.54 bits per heavy atom. The molecule has 7 heteroatoms. The van der Waals surface area contributed by atoms with Crippen molar-refractivity contribution in [1.29, 1.82) is 0 Å². The Bertz CT molecular complexity index is 632. The van der Waals surface area contributed by atoms with Gasteiger partial charge in [0.1, 0.15) is 6.10 Å². The zero-order chi connectivity index (χ0) is 20.9. The van der Waals surface area contributed by atoms with E-state index in [-0.39, 0.29) is 12.1 Å². The van der Waals surface area contributed by atoms with Crippen molar-refractivity contribution >= 4 is 11.7 Å². The highest BCUT2D eigenvalue weighted by Gasteiger charge is 2.26. The van der Waals surface area contributed by atoms with Crippen LogP contribution in [0.25, 0.3) is 0 Å². The fourth-order valence-electron chi connectivity index (χ4n) is 2.69. The predicted molar refractivity (Wildman–Crippen MR) is 108 cm³/mol. The van der Waals surface area contributed by atoms with Crippen molar-refractivity contribution in [2.45, 2.75) is 78.7 Å². The minimum atomic E-state index is -0.750. The van der Waals surface area contributed by atoms with Crippen molar-refractivity contribution in [2.24, 2.45) is 0 Å². The standard InChI is InChI=1S/C21H33NO6/c1-5-8-10-12-26-19-14-17(16(4)28-21(23)7-3)18(22(24)25)15-20(19)27-13-11-9-6-2/h14-16H,5-13H2,1-4H3. The van der Waals surface area contributed by atoms with Crippen LogP contribution in [0.4, 0.5) is 5.69 Å². The summed E-state index contributed by atoms with van der Waals surface area (Å²) in [4.78, 5) is 22.7. The van der Waals surface area contributed by atoms with Crippen molar-refractivity contribution in [3.8, 4) is 11.5 Å². The molecule has 7 nitrogen and oxygen atoms in total. The minimum Gasteiger partial charge on any atom is -0.490 e. The van der Waals surface area contributed by atoms with E-state index < -0.39 is 17.0 Å². The lowest BCUT2D eigenvalue weighted by atomic mass is 10.1. The third kappa shape index (κ3) is 7.74. The van der Waals surface area contributed by atoms with Crippen LogP contribution < -0.4 is 9.47 Å². The quantitative estimate of drug-likeness (QED) is 0.172. The number of unbranched alkanes of at least 4 members (excludes halogenated alkanes) is 4. The maximum atomic E-state index is 11.6. The molecular formula is C21H33NO6. The van der Waals surface area contributed by atoms with Gasteiger partial charge in [0.2, 0.25) is 0 Å². The molecule has 28 heavy (non-hydrogen) atoms. The van der Waals surface area contributed by atoms with Crippen molar-refractivity contribution in [3.63, 3.8) is 0 Å². The molecule has 0 aliphatic heterocycles. The van der Waals surface area contributed by atoms with Gasteiger partial charge in [-0.25, -0.2) is 0 Å². The monoisotopic (exact) mass is 395 g/mol. The van der Waals surface area contributed by atoms with E-state index >= 15 is 0 Å². The van der Waals surface area contributed by atoms with Gasteiger partial charge in [0.25, 0.3) is 5.69 Å². The molecule has 0 fully saturated rings. The Morgan fingerprint density at radius 3 is 2.00 bits per heavy atom. The fraction of sp³-hybridized carbons (Fsp3) is 0.667. The Labute approximate surface area is 167 Å². The lowest BCUT2D eigenvalue weighted by Gasteiger charge is -2.18. The second kappa shape index (κ2) is 13.0. The molecule has 0 spiro atoms. The summed E-state index contributed by atoms with van der Waals surface area (Å²) >= 11 is 0. The smallest absolute Gasteiger partial charge is 0.306 e. The van der Waals surface area contributed by atoms with E-state index in [2.05, 4.69) is 13.8 Å². The zero-order valence-corrected chi connectivity index (χ0v) is 17.5. The van der Waals surface area contributed by atoms with Crippen LogP contribution in [-0.4, -0.2) is 24.1 Å². The van der Waals surface area contributed by atoms with E-state index in [1.165, 1.54) is 6.07 Å². The number of carbonyl (C=O) groups excluding carboxylic acids is 1. The molecule has 0 aliphatic carbocycles. The van der Waals surface area contributed by atoms with E-state index in [4.69, 9.17) is 14.2 Å². The molecule has 0 N–H and O–H groups in total. The van der Waals surface area contributed by atoms with Crippen molar-refractivity contribution < 1.29 is 23.9 Å². The molecule has 0 saturated carbocycles. The SMILES string of the molecule is CCCCCOc1cc(C(C)OC(=O)CC)c([N+](=O)[O-])cc1OCCCCC. The maximum Gasteiger partial charge on any atom is 0.306 e. The fourth-order valence-corrected chi connectivity index (χ4v) is 2.69. The second-order valence-corrected chi connectivity index (χ2v) is 6.71. The normalized spacial score (nSPS) is 11.7. The number of carbonyl (C=O) groups is 1. The average molecular weight is 395 g/mol. The predicted octanol–water partition coefficient (Wildman–Crippen LogP) is 5.75. The summed E-state index contributed by atoms with van der Waals surface area (Å²) in [7, 11) is 0. The first-order valence-electron chi connectivity index (χ1n) is 10.2. The van der Waals surface area contributed by atoms with Gasteiger partial charge in [0, 0.05) is 6.42 Å². The number of ether oxygens (including phenoxy) is 3. The van der Waals surface area contributed by atoms with E-state index in [1.807, 2.05) is 0 Å². The van der Waals surface area contributed by atoms with Crippen LogP contribution in [0.2, 0.25) is 0 Å². The van der Waals surface area contributed by atoms with Crippen LogP contribution in [0.5, 0.6) is 11.5 Å². The van der Waals surface area contributed by atoms with E-state index in [9.17, 15) is 14.9 Å². The number of nitrogens with zero attached hydrogens (tertiary/aromatic N) is 1. The van der Waals surface area contributed by atoms with E-state index in [0.717, 1.165) is 38.5 Å². The number of hydrogen-bond donors (Lipinski definition) is 0. The molecule has 0 bridgehead atoms. The molecule has 0 aliphatic rings. The van der Waals surface area contributed by atoms with Crippen LogP contribution in [-0.2, 0) is 9.53 Å². The largest absolute Gasteiger partial charge is 0.490 e. The van der Waals surface area contributed by atoms with Gasteiger partial charge in [-0.15, -0.1) is 0 Å². The van der Waals surface area contributed by atoms with Gasteiger partial charge in [0.15, 0.2) is 11.5 Å². The van der Waals surface area contributed by atoms with Gasteiger partial charge in [-0.05, 0) is 25.8 Å². The van der Waals surface area contributed by atoms with Crippen LogP contribution in [0.15, 0.2) is 12.1 Å². The highest BCUT2D eigenvalue weighted by Crippen LogP contribution is 2.39. The summed E-state index contributed by atoms with van der Waals surface area (Å²) in [6, 6.07) is 2.96. The lowest BCUT2D eigenvalue weighted by Crippen LogP contribution is -2.11. The van der Waals surface area contributed by atoms with Gasteiger partial charge in [-0.2, -0.15) is 0 Å². The Morgan fingerprint density at radius 1 is 1.00 bits per heavy atom. The van der Waals surface area contributed by atoms with Crippen molar-refractivity contribution in [3.05, 3.63) is 27.8 Å². The number of benzene rings is 1. The molecule has 0 heterocycles. The summed E-state index contributed by atoms with van der Waals surface area (Å²) in [5, 5.41) is 11.6. The highest BCUT2D eigenvalue weighted by molar-refractivity contribution is 5.69. The molecular weight excluding hydrogens is 362 g/mol. The first-order valence-corrected chi connectivity index (χ1v) is 10.2. The first kappa shape index (κ1) is 23.7. The molecule has 0 amide bonds. The molecule has 0 aromatic heterocycles. The van der Waals surface area contributed by atoms with Gasteiger partial charge in [-0.3, -0.25) is 14.9 Å². The molecule has 1 aromatic carbocycles. The summed E-state index contributed by atoms with van der Waals surface area (Å²) in [5.74, 6) is 0.400. The molecule has 1 atom stereocenters. The van der Waals surface area contributed by atoms with Crippen LogP contribution in [0, 0.1) is 10.1 Å². The van der Waals surface area contributed by atoms with Gasteiger partial charge in [0.05, 0.1) is 29.8 Å². The summed E-state index contributed by atoms with van der Waals surface area (Å²) < 4.78 is 16.9. The summed E-state index contributed by atoms with van der Waals surface area (Å²) in [5.41, 5.74) is 0.168. The topological polar surface area (TPSA) is 87.9 Å². The van der Waals surface area contributed by atoms with E-state index in [0.29, 0.717) is 30.3 Å². The van der Waals surface area contributed by atoms with Gasteiger partial charge in [-0.1, -0.05) is 46.5 Å². The third-order valence-electron chi connectivity index (χ3n) is 4.34. The lowest BCUT2D eigenvalue weighted by molar-refractivity contribution is -0.386. The highest BCUT2D eigenvalue weighted by atomic mass is 16.6. The zero-order valence-electron chi connectivity index (χ0n) is 17.5. The van der Waals surface area contributed by atoms with Crippen LogP contribution >= 0.6 is 0 Å². The molecule has 1 aromatic rings. The van der Waals surface area contributed by atoms with Crippen LogP contribution in [0.1, 0.15) is 84.3 Å².